The van der Waals surface area contributed by atoms with Gasteiger partial charge in [0.25, 0.3) is 0 Å². The molecule has 116 valence electrons. The van der Waals surface area contributed by atoms with Gasteiger partial charge in [-0.3, -0.25) is 4.79 Å². The number of benzene rings is 1. The maximum atomic E-state index is 11.9. The number of nitrogens with two attached hydrogens (primary N) is 1. The Kier molecular flexibility index (Phi) is 5.72. The van der Waals surface area contributed by atoms with Gasteiger partial charge in [0.1, 0.15) is 5.75 Å². The number of likely N-dealkylation sites (tertiary alicyclic amines) is 1. The molecule has 5 heteroatoms. The molecule has 1 heterocycles. The van der Waals surface area contributed by atoms with Gasteiger partial charge in [0.05, 0.1) is 12.3 Å². The van der Waals surface area contributed by atoms with Crippen LogP contribution in [-0.4, -0.2) is 37.0 Å². The lowest BCUT2D eigenvalue weighted by atomic mass is 10.2. The molecule has 1 saturated heterocycles. The van der Waals surface area contributed by atoms with E-state index in [2.05, 4.69) is 12.2 Å². The van der Waals surface area contributed by atoms with E-state index in [0.717, 1.165) is 38.0 Å². The summed E-state index contributed by atoms with van der Waals surface area (Å²) < 4.78 is 5.60. The van der Waals surface area contributed by atoms with E-state index in [1.807, 2.05) is 23.1 Å². The molecule has 5 nitrogen and oxygen atoms in total. The van der Waals surface area contributed by atoms with Gasteiger partial charge in [0, 0.05) is 37.8 Å². The molecule has 1 aliphatic heterocycles. The Labute approximate surface area is 126 Å². The topological polar surface area (TPSA) is 67.6 Å². The van der Waals surface area contributed by atoms with Crippen LogP contribution in [0.2, 0.25) is 0 Å². The van der Waals surface area contributed by atoms with Crippen LogP contribution in [0.1, 0.15) is 32.6 Å². The summed E-state index contributed by atoms with van der Waals surface area (Å²) in [6, 6.07) is 5.63. The molecule has 1 aromatic rings. The van der Waals surface area contributed by atoms with Crippen molar-refractivity contribution in [1.29, 1.82) is 0 Å². The fourth-order valence-corrected chi connectivity index (χ4v) is 2.42. The molecule has 1 aromatic carbocycles. The molecule has 0 aromatic heterocycles. The van der Waals surface area contributed by atoms with Gasteiger partial charge in [-0.2, -0.15) is 0 Å². The van der Waals surface area contributed by atoms with Crippen LogP contribution in [-0.2, 0) is 4.79 Å². The number of ether oxygens (including phenoxy) is 1. The third kappa shape index (κ3) is 4.55. The number of hydrogen-bond acceptors (Lipinski definition) is 4. The summed E-state index contributed by atoms with van der Waals surface area (Å²) in [5, 5.41) is 3.26. The van der Waals surface area contributed by atoms with Crippen LogP contribution in [0, 0.1) is 0 Å². The summed E-state index contributed by atoms with van der Waals surface area (Å²) in [4.78, 5) is 13.9. The lowest BCUT2D eigenvalue weighted by molar-refractivity contribution is -0.129. The van der Waals surface area contributed by atoms with E-state index in [1.165, 1.54) is 0 Å². The SMILES string of the molecule is CCCOc1cc(NCCC(=O)N2CCCC2)ccc1N. The van der Waals surface area contributed by atoms with Gasteiger partial charge in [0.15, 0.2) is 0 Å². The summed E-state index contributed by atoms with van der Waals surface area (Å²) >= 11 is 0. The number of nitrogens with zero attached hydrogens (tertiary/aromatic N) is 1. The summed E-state index contributed by atoms with van der Waals surface area (Å²) in [5.41, 5.74) is 7.45. The second-order valence-electron chi connectivity index (χ2n) is 5.37. The van der Waals surface area contributed by atoms with Crippen molar-refractivity contribution in [2.75, 3.05) is 37.3 Å². The predicted octanol–water partition coefficient (Wildman–Crippen LogP) is 2.48. The highest BCUT2D eigenvalue weighted by atomic mass is 16.5. The van der Waals surface area contributed by atoms with Crippen molar-refractivity contribution in [2.24, 2.45) is 0 Å². The first kappa shape index (κ1) is 15.5. The number of rotatable bonds is 7. The Balaban J connectivity index is 1.80. The fourth-order valence-electron chi connectivity index (χ4n) is 2.42. The number of amides is 1. The highest BCUT2D eigenvalue weighted by molar-refractivity contribution is 5.77. The van der Waals surface area contributed by atoms with Crippen molar-refractivity contribution in [3.8, 4) is 5.75 Å². The zero-order chi connectivity index (χ0) is 15.1. The van der Waals surface area contributed by atoms with Crippen LogP contribution in [0.5, 0.6) is 5.75 Å². The van der Waals surface area contributed by atoms with Crippen molar-refractivity contribution in [2.45, 2.75) is 32.6 Å². The predicted molar refractivity (Wildman–Crippen MR) is 85.6 cm³/mol. The van der Waals surface area contributed by atoms with E-state index < -0.39 is 0 Å². The zero-order valence-corrected chi connectivity index (χ0v) is 12.7. The normalized spacial score (nSPS) is 14.2. The summed E-state index contributed by atoms with van der Waals surface area (Å²) in [6.45, 7) is 5.17. The van der Waals surface area contributed by atoms with Gasteiger partial charge in [-0.05, 0) is 31.4 Å². The molecule has 21 heavy (non-hydrogen) atoms. The van der Waals surface area contributed by atoms with Gasteiger partial charge in [-0.25, -0.2) is 0 Å². The highest BCUT2D eigenvalue weighted by Gasteiger charge is 2.16. The molecule has 0 spiro atoms. The first-order chi connectivity index (χ1) is 10.2. The number of nitrogen functional groups attached to an aromatic ring is 1. The minimum atomic E-state index is 0.234. The molecule has 0 bridgehead atoms. The van der Waals surface area contributed by atoms with Crippen LogP contribution < -0.4 is 15.8 Å². The van der Waals surface area contributed by atoms with Crippen molar-refractivity contribution >= 4 is 17.3 Å². The Hall–Kier alpha value is -1.91. The van der Waals surface area contributed by atoms with Gasteiger partial charge in [0.2, 0.25) is 5.91 Å². The molecule has 0 radical (unpaired) electrons. The number of anilines is 2. The van der Waals surface area contributed by atoms with E-state index >= 15 is 0 Å². The minimum absolute atomic E-state index is 0.234. The molecule has 2 rings (SSSR count). The second-order valence-corrected chi connectivity index (χ2v) is 5.37. The number of nitrogens with one attached hydrogen (secondary N) is 1. The molecule has 1 fully saturated rings. The third-order valence-electron chi connectivity index (χ3n) is 3.60. The van der Waals surface area contributed by atoms with Crippen molar-refractivity contribution < 1.29 is 9.53 Å². The lowest BCUT2D eigenvalue weighted by Crippen LogP contribution is -2.29. The van der Waals surface area contributed by atoms with E-state index in [1.54, 1.807) is 0 Å². The summed E-state index contributed by atoms with van der Waals surface area (Å²) in [6.07, 6.45) is 3.74. The van der Waals surface area contributed by atoms with Gasteiger partial charge in [-0.15, -0.1) is 0 Å². The molecule has 1 aliphatic rings. The first-order valence-corrected chi connectivity index (χ1v) is 7.74. The van der Waals surface area contributed by atoms with Crippen molar-refractivity contribution in [1.82, 2.24) is 4.90 Å². The van der Waals surface area contributed by atoms with Gasteiger partial charge >= 0.3 is 0 Å². The van der Waals surface area contributed by atoms with Crippen LogP contribution in [0.4, 0.5) is 11.4 Å². The average molecular weight is 291 g/mol. The van der Waals surface area contributed by atoms with E-state index in [9.17, 15) is 4.79 Å². The Bertz CT molecular complexity index is 471. The quantitative estimate of drug-likeness (QED) is 0.757. The minimum Gasteiger partial charge on any atom is -0.491 e. The van der Waals surface area contributed by atoms with E-state index in [0.29, 0.717) is 31.0 Å². The number of hydrogen-bond donors (Lipinski definition) is 2. The average Bonchev–Trinajstić information content (AvgIpc) is 3.02. The Morgan fingerprint density at radius 3 is 2.86 bits per heavy atom. The van der Waals surface area contributed by atoms with Gasteiger partial charge < -0.3 is 20.7 Å². The van der Waals surface area contributed by atoms with Crippen LogP contribution in [0.3, 0.4) is 0 Å². The molecule has 0 unspecified atom stereocenters. The Morgan fingerprint density at radius 2 is 2.14 bits per heavy atom. The zero-order valence-electron chi connectivity index (χ0n) is 12.7. The van der Waals surface area contributed by atoms with Gasteiger partial charge in [-0.1, -0.05) is 6.92 Å². The number of carbonyl (C=O) groups excluding carboxylic acids is 1. The van der Waals surface area contributed by atoms with Crippen LogP contribution in [0.15, 0.2) is 18.2 Å². The second kappa shape index (κ2) is 7.76. The third-order valence-corrected chi connectivity index (χ3v) is 3.60. The summed E-state index contributed by atoms with van der Waals surface area (Å²) in [7, 11) is 0. The maximum absolute atomic E-state index is 11.9. The molecular formula is C16H25N3O2. The smallest absolute Gasteiger partial charge is 0.224 e. The maximum Gasteiger partial charge on any atom is 0.224 e. The molecular weight excluding hydrogens is 266 g/mol. The highest BCUT2D eigenvalue weighted by Crippen LogP contribution is 2.25. The summed E-state index contributed by atoms with van der Waals surface area (Å²) in [5.74, 6) is 0.936. The fraction of sp³-hybridized carbons (Fsp3) is 0.562. The largest absolute Gasteiger partial charge is 0.491 e. The van der Waals surface area contributed by atoms with E-state index in [4.69, 9.17) is 10.5 Å². The standard InChI is InChI=1S/C16H25N3O2/c1-2-11-21-15-12-13(5-6-14(15)17)18-8-7-16(20)19-9-3-4-10-19/h5-6,12,18H,2-4,7-11,17H2,1H3. The molecule has 0 aliphatic carbocycles. The molecule has 1 amide bonds. The van der Waals surface area contributed by atoms with E-state index in [-0.39, 0.29) is 5.91 Å². The number of carbonyl (C=O) groups is 1. The molecule has 0 saturated carbocycles. The monoisotopic (exact) mass is 291 g/mol. The Morgan fingerprint density at radius 1 is 1.38 bits per heavy atom. The lowest BCUT2D eigenvalue weighted by Gasteiger charge is -2.16. The molecule has 3 N–H and O–H groups in total. The first-order valence-electron chi connectivity index (χ1n) is 7.74. The van der Waals surface area contributed by atoms with Crippen molar-refractivity contribution in [3.05, 3.63) is 18.2 Å². The van der Waals surface area contributed by atoms with Crippen molar-refractivity contribution in [3.63, 3.8) is 0 Å². The van der Waals surface area contributed by atoms with Crippen LogP contribution in [0.25, 0.3) is 0 Å². The molecule has 0 atom stereocenters. The van der Waals surface area contributed by atoms with Crippen LogP contribution >= 0.6 is 0 Å².